The van der Waals surface area contributed by atoms with Gasteiger partial charge in [-0.3, -0.25) is 4.79 Å². The summed E-state index contributed by atoms with van der Waals surface area (Å²) in [5.41, 5.74) is 1.83. The molecule has 3 rings (SSSR count). The number of fused-ring (bicyclic) bond motifs is 1. The first kappa shape index (κ1) is 17.0. The fourth-order valence-corrected chi connectivity index (χ4v) is 3.29. The zero-order valence-electron chi connectivity index (χ0n) is 14.9. The van der Waals surface area contributed by atoms with Crippen LogP contribution in [0.3, 0.4) is 0 Å². The maximum atomic E-state index is 13.2. The maximum absolute atomic E-state index is 13.2. The number of aromatic nitrogens is 1. The molecule has 1 aromatic heterocycles. The second-order valence-corrected chi connectivity index (χ2v) is 6.84. The lowest BCUT2D eigenvalue weighted by molar-refractivity contribution is 0.0505. The molecule has 0 radical (unpaired) electrons. The quantitative estimate of drug-likeness (QED) is 0.816. The lowest BCUT2D eigenvalue weighted by atomic mass is 10.2. The summed E-state index contributed by atoms with van der Waals surface area (Å²) in [5, 5.41) is 1.10. The van der Waals surface area contributed by atoms with Crippen molar-refractivity contribution in [2.75, 3.05) is 40.3 Å². The van der Waals surface area contributed by atoms with Crippen LogP contribution in [0.2, 0.25) is 0 Å². The van der Waals surface area contributed by atoms with Crippen LogP contribution >= 0.6 is 0 Å². The molecule has 0 aliphatic carbocycles. The number of benzene rings is 1. The molecule has 0 N–H and O–H groups in total. The van der Waals surface area contributed by atoms with Crippen LogP contribution in [0, 0.1) is 0 Å². The highest BCUT2D eigenvalue weighted by atomic mass is 16.5. The molecule has 0 saturated carbocycles. The number of hydrogen-bond acceptors (Lipinski definition) is 3. The summed E-state index contributed by atoms with van der Waals surface area (Å²) < 4.78 is 7.75. The average Bonchev–Trinajstić information content (AvgIpc) is 3.19. The van der Waals surface area contributed by atoms with Crippen LogP contribution < -0.4 is 0 Å². The largest absolute Gasteiger partial charge is 0.376 e. The molecule has 2 aromatic rings. The molecule has 0 spiro atoms. The van der Waals surface area contributed by atoms with Crippen LogP contribution in [-0.2, 0) is 11.8 Å². The number of carbonyl (C=O) groups is 1. The van der Waals surface area contributed by atoms with Gasteiger partial charge < -0.3 is 19.1 Å². The van der Waals surface area contributed by atoms with Crippen molar-refractivity contribution in [1.82, 2.24) is 14.4 Å². The molecule has 1 aliphatic heterocycles. The summed E-state index contributed by atoms with van der Waals surface area (Å²) in [4.78, 5) is 17.2. The van der Waals surface area contributed by atoms with E-state index in [0.29, 0.717) is 13.1 Å². The van der Waals surface area contributed by atoms with Gasteiger partial charge in [-0.15, -0.1) is 0 Å². The molecule has 5 heteroatoms. The Morgan fingerprint density at radius 1 is 1.29 bits per heavy atom. The Morgan fingerprint density at radius 2 is 2.08 bits per heavy atom. The zero-order valence-corrected chi connectivity index (χ0v) is 14.9. The first-order chi connectivity index (χ1) is 11.6. The molecule has 1 atom stereocenters. The van der Waals surface area contributed by atoms with E-state index >= 15 is 0 Å². The molecule has 1 unspecified atom stereocenters. The number of carbonyl (C=O) groups excluding carboxylic acids is 1. The van der Waals surface area contributed by atoms with E-state index in [0.717, 1.165) is 42.6 Å². The Bertz CT molecular complexity index is 702. The van der Waals surface area contributed by atoms with Crippen molar-refractivity contribution in [3.05, 3.63) is 36.0 Å². The number of ether oxygens (including phenoxy) is 1. The Hall–Kier alpha value is -1.85. The van der Waals surface area contributed by atoms with Gasteiger partial charge in [0, 0.05) is 44.2 Å². The van der Waals surface area contributed by atoms with E-state index in [1.807, 2.05) is 48.8 Å². The predicted octanol–water partition coefficient (Wildman–Crippen LogP) is 2.36. The van der Waals surface area contributed by atoms with Crippen LogP contribution in [0.4, 0.5) is 0 Å². The third-order valence-electron chi connectivity index (χ3n) is 4.72. The highest BCUT2D eigenvalue weighted by molar-refractivity contribution is 5.98. The first-order valence-electron chi connectivity index (χ1n) is 8.66. The summed E-state index contributed by atoms with van der Waals surface area (Å²) in [6.45, 7) is 3.05. The van der Waals surface area contributed by atoms with Crippen molar-refractivity contribution in [1.29, 1.82) is 0 Å². The van der Waals surface area contributed by atoms with Crippen molar-refractivity contribution in [2.24, 2.45) is 7.05 Å². The van der Waals surface area contributed by atoms with E-state index in [-0.39, 0.29) is 12.0 Å². The summed E-state index contributed by atoms with van der Waals surface area (Å²) in [7, 11) is 6.03. The fourth-order valence-electron chi connectivity index (χ4n) is 3.29. The topological polar surface area (TPSA) is 37.7 Å². The predicted molar refractivity (Wildman–Crippen MR) is 96.4 cm³/mol. The van der Waals surface area contributed by atoms with Gasteiger partial charge in [0.15, 0.2) is 0 Å². The van der Waals surface area contributed by atoms with Gasteiger partial charge in [-0.05, 0) is 39.1 Å². The van der Waals surface area contributed by atoms with Crippen LogP contribution in [0.25, 0.3) is 10.9 Å². The monoisotopic (exact) mass is 329 g/mol. The van der Waals surface area contributed by atoms with E-state index < -0.39 is 0 Å². The summed E-state index contributed by atoms with van der Waals surface area (Å²) in [6, 6.07) is 10.1. The Labute approximate surface area is 143 Å². The van der Waals surface area contributed by atoms with Crippen LogP contribution in [0.5, 0.6) is 0 Å². The Balaban J connectivity index is 1.83. The Morgan fingerprint density at radius 3 is 2.75 bits per heavy atom. The molecular weight excluding hydrogens is 302 g/mol. The number of rotatable bonds is 6. The SMILES string of the molecule is CN(C)CCN(CC1CCCO1)C(=O)c1cc2ccccc2n1C. The Kier molecular flexibility index (Phi) is 5.21. The average molecular weight is 329 g/mol. The second-order valence-electron chi connectivity index (χ2n) is 6.84. The molecule has 0 bridgehead atoms. The standard InChI is InChI=1S/C19H27N3O2/c1-20(2)10-11-22(14-16-8-6-12-24-16)19(23)18-13-15-7-4-5-9-17(15)21(18)3/h4-5,7,9,13,16H,6,8,10-12,14H2,1-3H3. The highest BCUT2D eigenvalue weighted by Gasteiger charge is 2.25. The van der Waals surface area contributed by atoms with Crippen molar-refractivity contribution in [3.8, 4) is 0 Å². The van der Waals surface area contributed by atoms with Crippen molar-refractivity contribution < 1.29 is 9.53 Å². The van der Waals surface area contributed by atoms with Crippen LogP contribution in [0.15, 0.2) is 30.3 Å². The van der Waals surface area contributed by atoms with E-state index in [2.05, 4.69) is 17.0 Å². The minimum Gasteiger partial charge on any atom is -0.376 e. The number of likely N-dealkylation sites (N-methyl/N-ethyl adjacent to an activating group) is 1. The molecule has 1 aromatic carbocycles. The second kappa shape index (κ2) is 7.36. The maximum Gasteiger partial charge on any atom is 0.270 e. The van der Waals surface area contributed by atoms with Gasteiger partial charge in [0.05, 0.1) is 6.10 Å². The van der Waals surface area contributed by atoms with Gasteiger partial charge in [0.1, 0.15) is 5.69 Å². The molecule has 24 heavy (non-hydrogen) atoms. The number of amides is 1. The smallest absolute Gasteiger partial charge is 0.270 e. The van der Waals surface area contributed by atoms with Gasteiger partial charge in [-0.2, -0.15) is 0 Å². The van der Waals surface area contributed by atoms with Gasteiger partial charge in [0.2, 0.25) is 0 Å². The summed E-state index contributed by atoms with van der Waals surface area (Å²) in [6.07, 6.45) is 2.31. The molecule has 1 saturated heterocycles. The van der Waals surface area contributed by atoms with E-state index in [9.17, 15) is 4.79 Å². The van der Waals surface area contributed by atoms with E-state index in [4.69, 9.17) is 4.74 Å². The molecule has 1 fully saturated rings. The molecule has 1 aliphatic rings. The number of para-hydroxylation sites is 1. The molecule has 5 nitrogen and oxygen atoms in total. The van der Waals surface area contributed by atoms with Gasteiger partial charge in [-0.1, -0.05) is 18.2 Å². The number of aryl methyl sites for hydroxylation is 1. The third kappa shape index (κ3) is 3.62. The van der Waals surface area contributed by atoms with Gasteiger partial charge >= 0.3 is 0 Å². The molecule has 2 heterocycles. The molecule has 1 amide bonds. The summed E-state index contributed by atoms with van der Waals surface area (Å²) >= 11 is 0. The lowest BCUT2D eigenvalue weighted by Crippen LogP contribution is -2.41. The van der Waals surface area contributed by atoms with Gasteiger partial charge in [-0.25, -0.2) is 0 Å². The summed E-state index contributed by atoms with van der Waals surface area (Å²) in [5.74, 6) is 0.0889. The minimum atomic E-state index is 0.0889. The van der Waals surface area contributed by atoms with Crippen molar-refractivity contribution >= 4 is 16.8 Å². The van der Waals surface area contributed by atoms with Crippen molar-refractivity contribution in [2.45, 2.75) is 18.9 Å². The zero-order chi connectivity index (χ0) is 17.1. The highest BCUT2D eigenvalue weighted by Crippen LogP contribution is 2.21. The lowest BCUT2D eigenvalue weighted by Gasteiger charge is -2.27. The van der Waals surface area contributed by atoms with Crippen LogP contribution in [-0.4, -0.2) is 66.7 Å². The minimum absolute atomic E-state index is 0.0889. The number of hydrogen-bond donors (Lipinski definition) is 0. The van der Waals surface area contributed by atoms with Gasteiger partial charge in [0.25, 0.3) is 5.91 Å². The molecule has 130 valence electrons. The van der Waals surface area contributed by atoms with Crippen LogP contribution in [0.1, 0.15) is 23.3 Å². The molecular formula is C19H27N3O2. The normalized spacial score (nSPS) is 17.8. The first-order valence-corrected chi connectivity index (χ1v) is 8.66. The number of nitrogens with zero attached hydrogens (tertiary/aromatic N) is 3. The van der Waals surface area contributed by atoms with E-state index in [1.165, 1.54) is 0 Å². The fraction of sp³-hybridized carbons (Fsp3) is 0.526. The van der Waals surface area contributed by atoms with E-state index in [1.54, 1.807) is 0 Å². The van der Waals surface area contributed by atoms with Crippen molar-refractivity contribution in [3.63, 3.8) is 0 Å². The third-order valence-corrected chi connectivity index (χ3v) is 4.72.